The molecule has 0 atom stereocenters. The van der Waals surface area contributed by atoms with Gasteiger partial charge in [-0.05, 0) is 40.7 Å². The maximum absolute atomic E-state index is 11.7. The summed E-state index contributed by atoms with van der Waals surface area (Å²) in [5, 5.41) is 5.97. The van der Waals surface area contributed by atoms with Crippen LogP contribution in [0.5, 0.6) is 0 Å². The van der Waals surface area contributed by atoms with Gasteiger partial charge in [-0.3, -0.25) is 10.1 Å². The van der Waals surface area contributed by atoms with Crippen LogP contribution in [0.2, 0.25) is 0 Å². The first-order valence-corrected chi connectivity index (χ1v) is 6.13. The van der Waals surface area contributed by atoms with Crippen molar-refractivity contribution in [2.24, 2.45) is 0 Å². The van der Waals surface area contributed by atoms with Crippen LogP contribution >= 0.6 is 0 Å². The van der Waals surface area contributed by atoms with Crippen molar-refractivity contribution < 1.29 is 4.79 Å². The molecule has 0 aliphatic carbocycles. The second kappa shape index (κ2) is 5.91. The number of carbonyl (C=O) groups excluding carboxylic acids is 1. The Morgan fingerprint density at radius 2 is 1.78 bits per heavy atom. The molecular weight excluding hydrogens is 228 g/mol. The summed E-state index contributed by atoms with van der Waals surface area (Å²) in [7, 11) is 0. The topological polar surface area (TPSA) is 66.9 Å². The van der Waals surface area contributed by atoms with E-state index in [9.17, 15) is 4.79 Å². The van der Waals surface area contributed by atoms with Gasteiger partial charge >= 0.3 is 0 Å². The molecule has 1 heterocycles. The molecule has 5 heteroatoms. The van der Waals surface area contributed by atoms with Gasteiger partial charge in [-0.25, -0.2) is 9.97 Å². The van der Waals surface area contributed by atoms with Crippen molar-refractivity contribution in [2.75, 3.05) is 11.9 Å². The molecule has 18 heavy (non-hydrogen) atoms. The Bertz CT molecular complexity index is 403. The Labute approximate surface area is 108 Å². The normalized spacial score (nSPS) is 11.4. The van der Waals surface area contributed by atoms with Crippen molar-refractivity contribution in [1.29, 1.82) is 0 Å². The molecule has 0 unspecified atom stereocenters. The summed E-state index contributed by atoms with van der Waals surface area (Å²) in [6.45, 7) is 10.6. The van der Waals surface area contributed by atoms with E-state index in [0.29, 0.717) is 18.9 Å². The highest BCUT2D eigenvalue weighted by atomic mass is 16.1. The highest BCUT2D eigenvalue weighted by molar-refractivity contribution is 5.89. The summed E-state index contributed by atoms with van der Waals surface area (Å²) in [6.07, 6.45) is 0.410. The van der Waals surface area contributed by atoms with Gasteiger partial charge in [0.15, 0.2) is 0 Å². The molecule has 100 valence electrons. The average molecular weight is 250 g/mol. The summed E-state index contributed by atoms with van der Waals surface area (Å²) >= 11 is 0. The summed E-state index contributed by atoms with van der Waals surface area (Å²) in [5.41, 5.74) is 1.73. The monoisotopic (exact) mass is 250 g/mol. The fraction of sp³-hybridized carbons (Fsp3) is 0.615. The van der Waals surface area contributed by atoms with E-state index < -0.39 is 0 Å². The van der Waals surface area contributed by atoms with Crippen molar-refractivity contribution in [1.82, 2.24) is 15.3 Å². The standard InChI is InChI=1S/C13H22N4O/c1-9-8-10(2)16-12(15-9)17-11(18)6-7-14-13(3,4)5/h8,14H,6-7H2,1-5H3,(H,15,16,17,18). The van der Waals surface area contributed by atoms with Crippen LogP contribution in [0.3, 0.4) is 0 Å². The second-order valence-electron chi connectivity index (χ2n) is 5.45. The predicted octanol–water partition coefficient (Wildman–Crippen LogP) is 1.81. The Balaban J connectivity index is 2.45. The fourth-order valence-corrected chi connectivity index (χ4v) is 1.52. The number of amides is 1. The number of carbonyl (C=O) groups is 1. The lowest BCUT2D eigenvalue weighted by atomic mass is 10.1. The van der Waals surface area contributed by atoms with E-state index in [1.165, 1.54) is 0 Å². The Kier molecular flexibility index (Phi) is 4.78. The van der Waals surface area contributed by atoms with E-state index >= 15 is 0 Å². The van der Waals surface area contributed by atoms with Gasteiger partial charge in [-0.2, -0.15) is 0 Å². The molecule has 0 bridgehead atoms. The van der Waals surface area contributed by atoms with Crippen molar-refractivity contribution in [3.63, 3.8) is 0 Å². The maximum atomic E-state index is 11.7. The van der Waals surface area contributed by atoms with Crippen molar-refractivity contribution in [2.45, 2.75) is 46.6 Å². The van der Waals surface area contributed by atoms with Gasteiger partial charge in [0.1, 0.15) is 0 Å². The van der Waals surface area contributed by atoms with E-state index in [0.717, 1.165) is 11.4 Å². The lowest BCUT2D eigenvalue weighted by molar-refractivity contribution is -0.116. The fourth-order valence-electron chi connectivity index (χ4n) is 1.52. The van der Waals surface area contributed by atoms with Gasteiger partial charge in [-0.1, -0.05) is 0 Å². The molecule has 0 aliphatic heterocycles. The molecule has 2 N–H and O–H groups in total. The molecule has 0 aromatic carbocycles. The lowest BCUT2D eigenvalue weighted by Crippen LogP contribution is -2.37. The van der Waals surface area contributed by atoms with E-state index in [1.54, 1.807) is 0 Å². The quantitative estimate of drug-likeness (QED) is 0.855. The molecule has 0 aliphatic rings. The van der Waals surface area contributed by atoms with Crippen LogP contribution in [0, 0.1) is 13.8 Å². The molecule has 0 saturated carbocycles. The second-order valence-corrected chi connectivity index (χ2v) is 5.45. The van der Waals surface area contributed by atoms with E-state index in [2.05, 4.69) is 41.4 Å². The van der Waals surface area contributed by atoms with Gasteiger partial charge in [0.25, 0.3) is 0 Å². The molecule has 0 spiro atoms. The first-order chi connectivity index (χ1) is 8.26. The highest BCUT2D eigenvalue weighted by Crippen LogP contribution is 2.04. The number of nitrogens with one attached hydrogen (secondary N) is 2. The van der Waals surface area contributed by atoms with Gasteiger partial charge in [0.05, 0.1) is 0 Å². The van der Waals surface area contributed by atoms with Gasteiger partial charge in [-0.15, -0.1) is 0 Å². The summed E-state index contributed by atoms with van der Waals surface area (Å²) in [5.74, 6) is 0.310. The van der Waals surface area contributed by atoms with E-state index in [-0.39, 0.29) is 11.4 Å². The molecule has 5 nitrogen and oxygen atoms in total. The van der Waals surface area contributed by atoms with Crippen LogP contribution in [0.25, 0.3) is 0 Å². The molecule has 0 fully saturated rings. The minimum absolute atomic E-state index is 0.0245. The number of aryl methyl sites for hydroxylation is 2. The number of anilines is 1. The first-order valence-electron chi connectivity index (χ1n) is 6.13. The summed E-state index contributed by atoms with van der Waals surface area (Å²) in [6, 6.07) is 1.87. The average Bonchev–Trinajstić information content (AvgIpc) is 2.12. The van der Waals surface area contributed by atoms with Crippen molar-refractivity contribution in [3.8, 4) is 0 Å². The molecule has 1 amide bonds. The Hall–Kier alpha value is -1.49. The minimum Gasteiger partial charge on any atom is -0.312 e. The van der Waals surface area contributed by atoms with Crippen LogP contribution in [-0.2, 0) is 4.79 Å². The van der Waals surface area contributed by atoms with Gasteiger partial charge in [0.2, 0.25) is 11.9 Å². The first kappa shape index (κ1) is 14.6. The third-order valence-electron chi connectivity index (χ3n) is 2.24. The van der Waals surface area contributed by atoms with Crippen LogP contribution in [0.1, 0.15) is 38.6 Å². The summed E-state index contributed by atoms with van der Waals surface area (Å²) < 4.78 is 0. The Morgan fingerprint density at radius 1 is 1.22 bits per heavy atom. The third-order valence-corrected chi connectivity index (χ3v) is 2.24. The zero-order chi connectivity index (χ0) is 13.8. The Morgan fingerprint density at radius 3 is 2.28 bits per heavy atom. The number of hydrogen-bond donors (Lipinski definition) is 2. The predicted molar refractivity (Wildman–Crippen MR) is 72.5 cm³/mol. The smallest absolute Gasteiger partial charge is 0.229 e. The van der Waals surface area contributed by atoms with E-state index in [1.807, 2.05) is 19.9 Å². The molecule has 0 saturated heterocycles. The number of aromatic nitrogens is 2. The zero-order valence-electron chi connectivity index (χ0n) is 11.8. The number of rotatable bonds is 4. The molecular formula is C13H22N4O. The lowest BCUT2D eigenvalue weighted by Gasteiger charge is -2.20. The van der Waals surface area contributed by atoms with Crippen molar-refractivity contribution in [3.05, 3.63) is 17.5 Å². The zero-order valence-corrected chi connectivity index (χ0v) is 11.8. The van der Waals surface area contributed by atoms with Crippen molar-refractivity contribution >= 4 is 11.9 Å². The van der Waals surface area contributed by atoms with Crippen LogP contribution in [-0.4, -0.2) is 28.0 Å². The number of hydrogen-bond acceptors (Lipinski definition) is 4. The SMILES string of the molecule is Cc1cc(C)nc(NC(=O)CCNC(C)(C)C)n1. The molecule has 1 rings (SSSR count). The molecule has 1 aromatic rings. The largest absolute Gasteiger partial charge is 0.312 e. The van der Waals surface area contributed by atoms with E-state index in [4.69, 9.17) is 0 Å². The molecule has 0 radical (unpaired) electrons. The highest BCUT2D eigenvalue weighted by Gasteiger charge is 2.10. The van der Waals surface area contributed by atoms with Crippen LogP contribution < -0.4 is 10.6 Å². The van der Waals surface area contributed by atoms with Gasteiger partial charge in [0, 0.05) is 29.9 Å². The minimum atomic E-state index is -0.0725. The molecule has 1 aromatic heterocycles. The third kappa shape index (κ3) is 5.72. The van der Waals surface area contributed by atoms with Crippen LogP contribution in [0.4, 0.5) is 5.95 Å². The van der Waals surface area contributed by atoms with Gasteiger partial charge < -0.3 is 5.32 Å². The number of nitrogens with zero attached hydrogens (tertiary/aromatic N) is 2. The maximum Gasteiger partial charge on any atom is 0.229 e. The summed E-state index contributed by atoms with van der Waals surface area (Å²) in [4.78, 5) is 20.0. The van der Waals surface area contributed by atoms with Crippen LogP contribution in [0.15, 0.2) is 6.07 Å².